The minimum Gasteiger partial charge on any atom is -0.414 e. The van der Waals surface area contributed by atoms with Crippen molar-refractivity contribution in [1.29, 1.82) is 0 Å². The van der Waals surface area contributed by atoms with Gasteiger partial charge in [-0.3, -0.25) is 4.79 Å². The van der Waals surface area contributed by atoms with Gasteiger partial charge in [0.1, 0.15) is 0 Å². The number of carbonyl (C=O) groups is 1. The first-order valence-corrected chi connectivity index (χ1v) is 12.6. The van der Waals surface area contributed by atoms with Crippen LogP contribution in [0.4, 0.5) is 0 Å². The third-order valence-electron chi connectivity index (χ3n) is 6.42. The molecule has 2 aliphatic heterocycles. The second-order valence-electron chi connectivity index (χ2n) is 9.25. The van der Waals surface area contributed by atoms with E-state index in [4.69, 9.17) is 4.43 Å². The van der Waals surface area contributed by atoms with Crippen LogP contribution in [0.5, 0.6) is 0 Å². The molecule has 0 N–H and O–H groups in total. The van der Waals surface area contributed by atoms with E-state index in [1.807, 2.05) is 6.07 Å². The zero-order valence-corrected chi connectivity index (χ0v) is 17.4. The number of piperidine rings is 2. The SMILES string of the molecule is CC(C)(C)[Si](C)(C)OC1CC2CCCC(=O)N2C(c2ccccc2)C1. The summed E-state index contributed by atoms with van der Waals surface area (Å²) >= 11 is 0. The van der Waals surface area contributed by atoms with Crippen molar-refractivity contribution < 1.29 is 9.22 Å². The number of hydrogen-bond donors (Lipinski definition) is 0. The minimum absolute atomic E-state index is 0.169. The van der Waals surface area contributed by atoms with Crippen molar-refractivity contribution in [1.82, 2.24) is 4.90 Å². The maximum atomic E-state index is 12.7. The molecule has 0 aliphatic carbocycles. The van der Waals surface area contributed by atoms with Crippen LogP contribution < -0.4 is 0 Å². The summed E-state index contributed by atoms with van der Waals surface area (Å²) in [4.78, 5) is 14.8. The summed E-state index contributed by atoms with van der Waals surface area (Å²) in [7, 11) is -1.80. The van der Waals surface area contributed by atoms with Gasteiger partial charge in [0.05, 0.1) is 6.04 Å². The zero-order chi connectivity index (χ0) is 18.2. The lowest BCUT2D eigenvalue weighted by atomic mass is 9.84. The molecule has 3 rings (SSSR count). The molecule has 1 amide bonds. The van der Waals surface area contributed by atoms with E-state index in [2.05, 4.69) is 63.0 Å². The normalized spacial score (nSPS) is 28.0. The summed E-state index contributed by atoms with van der Waals surface area (Å²) in [6.07, 6.45) is 5.03. The summed E-state index contributed by atoms with van der Waals surface area (Å²) in [5.41, 5.74) is 1.26. The van der Waals surface area contributed by atoms with Crippen molar-refractivity contribution in [2.75, 3.05) is 0 Å². The number of rotatable bonds is 3. The molecule has 2 fully saturated rings. The van der Waals surface area contributed by atoms with E-state index in [1.54, 1.807) is 0 Å². The highest BCUT2D eigenvalue weighted by Crippen LogP contribution is 2.44. The summed E-state index contributed by atoms with van der Waals surface area (Å²) < 4.78 is 6.78. The summed E-state index contributed by atoms with van der Waals surface area (Å²) in [5.74, 6) is 0.330. The molecule has 3 atom stereocenters. The summed E-state index contributed by atoms with van der Waals surface area (Å²) in [6, 6.07) is 11.0. The van der Waals surface area contributed by atoms with Crippen LogP contribution in [0.1, 0.15) is 64.5 Å². The van der Waals surface area contributed by atoms with Crippen molar-refractivity contribution in [3.63, 3.8) is 0 Å². The average molecular weight is 360 g/mol. The molecule has 1 aromatic rings. The van der Waals surface area contributed by atoms with Gasteiger partial charge in [0.25, 0.3) is 0 Å². The topological polar surface area (TPSA) is 29.5 Å². The fourth-order valence-electron chi connectivity index (χ4n) is 4.04. The lowest BCUT2D eigenvalue weighted by molar-refractivity contribution is -0.144. The first kappa shape index (κ1) is 18.7. The van der Waals surface area contributed by atoms with Crippen LogP contribution in [-0.2, 0) is 9.22 Å². The predicted molar refractivity (Wildman–Crippen MR) is 105 cm³/mol. The van der Waals surface area contributed by atoms with Gasteiger partial charge in [0, 0.05) is 18.6 Å². The molecule has 0 spiro atoms. The van der Waals surface area contributed by atoms with E-state index in [-0.39, 0.29) is 17.2 Å². The Bertz CT molecular complexity index is 608. The average Bonchev–Trinajstić information content (AvgIpc) is 2.53. The van der Waals surface area contributed by atoms with Crippen molar-refractivity contribution in [2.45, 2.75) is 89.2 Å². The van der Waals surface area contributed by atoms with Crippen LogP contribution in [0.25, 0.3) is 0 Å². The highest BCUT2D eigenvalue weighted by molar-refractivity contribution is 6.74. The van der Waals surface area contributed by atoms with Gasteiger partial charge in [-0.05, 0) is 49.4 Å². The van der Waals surface area contributed by atoms with Gasteiger partial charge >= 0.3 is 0 Å². The quantitative estimate of drug-likeness (QED) is 0.686. The van der Waals surface area contributed by atoms with Crippen LogP contribution in [0.15, 0.2) is 30.3 Å². The Hall–Kier alpha value is -1.13. The lowest BCUT2D eigenvalue weighted by Crippen LogP contribution is -2.54. The second kappa shape index (κ2) is 6.88. The molecule has 1 aromatic carbocycles. The van der Waals surface area contributed by atoms with Crippen molar-refractivity contribution >= 4 is 14.2 Å². The third-order valence-corrected chi connectivity index (χ3v) is 11.0. The number of benzene rings is 1. The Labute approximate surface area is 153 Å². The molecule has 0 radical (unpaired) electrons. The molecule has 2 heterocycles. The predicted octanol–water partition coefficient (Wildman–Crippen LogP) is 5.29. The van der Waals surface area contributed by atoms with Crippen LogP contribution in [-0.4, -0.2) is 31.3 Å². The number of amides is 1. The molecular formula is C21H33NO2Si. The van der Waals surface area contributed by atoms with E-state index in [1.165, 1.54) is 5.56 Å². The Kier molecular flexibility index (Phi) is 5.13. The fraction of sp³-hybridized carbons (Fsp3) is 0.667. The van der Waals surface area contributed by atoms with E-state index in [9.17, 15) is 4.79 Å². The highest BCUT2D eigenvalue weighted by atomic mass is 28.4. The molecule has 0 aromatic heterocycles. The van der Waals surface area contributed by atoms with Crippen LogP contribution in [0.2, 0.25) is 18.1 Å². The molecule has 0 bridgehead atoms. The van der Waals surface area contributed by atoms with E-state index < -0.39 is 8.32 Å². The molecular weight excluding hydrogens is 326 g/mol. The number of carbonyl (C=O) groups excluding carboxylic acids is 1. The second-order valence-corrected chi connectivity index (χ2v) is 14.0. The molecule has 25 heavy (non-hydrogen) atoms. The maximum Gasteiger partial charge on any atom is 0.223 e. The Balaban J connectivity index is 1.86. The third kappa shape index (κ3) is 3.85. The van der Waals surface area contributed by atoms with Gasteiger partial charge in [-0.25, -0.2) is 0 Å². The largest absolute Gasteiger partial charge is 0.414 e. The van der Waals surface area contributed by atoms with Crippen molar-refractivity contribution in [3.8, 4) is 0 Å². The highest BCUT2D eigenvalue weighted by Gasteiger charge is 2.45. The monoisotopic (exact) mass is 359 g/mol. The van der Waals surface area contributed by atoms with Gasteiger partial charge < -0.3 is 9.33 Å². The maximum absolute atomic E-state index is 12.7. The molecule has 0 saturated carbocycles. The Morgan fingerprint density at radius 3 is 2.44 bits per heavy atom. The van der Waals surface area contributed by atoms with Crippen LogP contribution in [0.3, 0.4) is 0 Å². The standard InChI is InChI=1S/C21H33NO2Si/c1-21(2,3)25(4,5)24-18-14-17-12-9-13-20(23)22(17)19(15-18)16-10-7-6-8-11-16/h6-8,10-11,17-19H,9,12-15H2,1-5H3. The number of fused-ring (bicyclic) bond motifs is 1. The van der Waals surface area contributed by atoms with Gasteiger partial charge in [-0.1, -0.05) is 51.1 Å². The van der Waals surface area contributed by atoms with Gasteiger partial charge in [0.2, 0.25) is 5.91 Å². The van der Waals surface area contributed by atoms with Gasteiger partial charge in [-0.2, -0.15) is 0 Å². The first-order valence-electron chi connectivity index (χ1n) is 9.73. The fourth-order valence-corrected chi connectivity index (χ4v) is 5.42. The van der Waals surface area contributed by atoms with Crippen LogP contribution >= 0.6 is 0 Å². The molecule has 4 heteroatoms. The molecule has 3 nitrogen and oxygen atoms in total. The molecule has 2 aliphatic rings. The van der Waals surface area contributed by atoms with Gasteiger partial charge in [0.15, 0.2) is 8.32 Å². The van der Waals surface area contributed by atoms with E-state index in [0.717, 1.165) is 25.7 Å². The minimum atomic E-state index is -1.80. The molecule has 2 saturated heterocycles. The van der Waals surface area contributed by atoms with E-state index >= 15 is 0 Å². The molecule has 3 unspecified atom stereocenters. The van der Waals surface area contributed by atoms with E-state index in [0.29, 0.717) is 18.4 Å². The number of nitrogens with zero attached hydrogens (tertiary/aromatic N) is 1. The smallest absolute Gasteiger partial charge is 0.223 e. The van der Waals surface area contributed by atoms with Gasteiger partial charge in [-0.15, -0.1) is 0 Å². The first-order chi connectivity index (χ1) is 11.7. The zero-order valence-electron chi connectivity index (χ0n) is 16.4. The lowest BCUT2D eigenvalue weighted by Gasteiger charge is -2.50. The molecule has 138 valence electrons. The Morgan fingerprint density at radius 1 is 1.12 bits per heavy atom. The number of hydrogen-bond acceptors (Lipinski definition) is 2. The summed E-state index contributed by atoms with van der Waals surface area (Å²) in [6.45, 7) is 11.6. The van der Waals surface area contributed by atoms with Crippen molar-refractivity contribution in [2.24, 2.45) is 0 Å². The van der Waals surface area contributed by atoms with Crippen molar-refractivity contribution in [3.05, 3.63) is 35.9 Å². The van der Waals surface area contributed by atoms with Crippen LogP contribution in [0, 0.1) is 0 Å². The Morgan fingerprint density at radius 2 is 1.80 bits per heavy atom. The summed E-state index contributed by atoms with van der Waals surface area (Å²) in [5, 5.41) is 0.217.